The van der Waals surface area contributed by atoms with Gasteiger partial charge in [-0.3, -0.25) is 4.79 Å². The number of hydrogen-bond acceptors (Lipinski definition) is 4. The maximum absolute atomic E-state index is 12.1. The molecule has 0 aliphatic heterocycles. The highest BCUT2D eigenvalue weighted by atomic mass is 16.1. The second kappa shape index (κ2) is 8.43. The van der Waals surface area contributed by atoms with Crippen LogP contribution in [-0.4, -0.2) is 28.0 Å². The van der Waals surface area contributed by atoms with Crippen molar-refractivity contribution in [2.75, 3.05) is 4.90 Å². The summed E-state index contributed by atoms with van der Waals surface area (Å²) in [5.74, 6) is 0.594. The zero-order chi connectivity index (χ0) is 17.5. The Hall–Kier alpha value is -2.43. The Balaban J connectivity index is 2.13. The van der Waals surface area contributed by atoms with E-state index in [1.165, 1.54) is 5.56 Å². The summed E-state index contributed by atoms with van der Waals surface area (Å²) in [4.78, 5) is 23.0. The van der Waals surface area contributed by atoms with E-state index in [4.69, 9.17) is 0 Å². The number of aromatic nitrogens is 2. The van der Waals surface area contributed by atoms with Crippen LogP contribution in [0.15, 0.2) is 42.7 Å². The molecule has 1 atom stereocenters. The van der Waals surface area contributed by atoms with Crippen LogP contribution in [0, 0.1) is 0 Å². The lowest BCUT2D eigenvalue weighted by Crippen LogP contribution is -2.33. The van der Waals surface area contributed by atoms with Crippen LogP contribution in [0.5, 0.6) is 0 Å². The molecule has 1 aromatic heterocycles. The molecule has 0 bridgehead atoms. The number of hydrogen-bond donors (Lipinski definition) is 1. The molecule has 2 rings (SSSR count). The minimum atomic E-state index is -0.178. The van der Waals surface area contributed by atoms with Crippen molar-refractivity contribution in [3.8, 4) is 0 Å². The molecule has 1 aromatic carbocycles. The van der Waals surface area contributed by atoms with Crippen LogP contribution in [0.25, 0.3) is 0 Å². The van der Waals surface area contributed by atoms with Crippen molar-refractivity contribution in [2.24, 2.45) is 0 Å². The summed E-state index contributed by atoms with van der Waals surface area (Å²) in [7, 11) is 0. The van der Waals surface area contributed by atoms with Gasteiger partial charge in [-0.1, -0.05) is 37.3 Å². The fraction of sp³-hybridized carbons (Fsp3) is 0.421. The van der Waals surface area contributed by atoms with Crippen LogP contribution in [0.3, 0.4) is 0 Å². The smallest absolute Gasteiger partial charge is 0.271 e. The molecule has 24 heavy (non-hydrogen) atoms. The SMILES string of the molecule is CCC(C)NC(=O)c1cnc(N(Cc2ccccc2)C(C)C)cn1. The molecule has 0 spiro atoms. The average Bonchev–Trinajstić information content (AvgIpc) is 2.60. The van der Waals surface area contributed by atoms with Gasteiger partial charge in [-0.05, 0) is 32.8 Å². The number of amides is 1. The quantitative estimate of drug-likeness (QED) is 0.847. The van der Waals surface area contributed by atoms with Gasteiger partial charge in [-0.2, -0.15) is 0 Å². The van der Waals surface area contributed by atoms with E-state index in [0.717, 1.165) is 18.8 Å². The summed E-state index contributed by atoms with van der Waals surface area (Å²) < 4.78 is 0. The Morgan fingerprint density at radius 2 is 1.83 bits per heavy atom. The molecule has 5 nitrogen and oxygen atoms in total. The lowest BCUT2D eigenvalue weighted by Gasteiger charge is -2.27. The largest absolute Gasteiger partial charge is 0.349 e. The molecule has 1 amide bonds. The molecule has 1 N–H and O–H groups in total. The standard InChI is InChI=1S/C19H26N4O/c1-5-15(4)22-19(24)17-11-21-18(12-20-17)23(14(2)3)13-16-9-7-6-8-10-16/h6-12,14-15H,5,13H2,1-4H3,(H,22,24). The van der Waals surface area contributed by atoms with Crippen molar-refractivity contribution in [3.05, 3.63) is 54.0 Å². The average molecular weight is 326 g/mol. The van der Waals surface area contributed by atoms with Crippen molar-refractivity contribution in [1.29, 1.82) is 0 Å². The number of anilines is 1. The summed E-state index contributed by atoms with van der Waals surface area (Å²) in [6, 6.07) is 10.7. The third kappa shape index (κ3) is 4.78. The van der Waals surface area contributed by atoms with Crippen molar-refractivity contribution in [2.45, 2.75) is 52.7 Å². The van der Waals surface area contributed by atoms with Crippen LogP contribution < -0.4 is 10.2 Å². The molecule has 0 radical (unpaired) electrons. The van der Waals surface area contributed by atoms with Crippen molar-refractivity contribution < 1.29 is 4.79 Å². The first-order valence-corrected chi connectivity index (χ1v) is 8.44. The Morgan fingerprint density at radius 1 is 1.12 bits per heavy atom. The molecule has 0 saturated heterocycles. The number of nitrogens with zero attached hydrogens (tertiary/aromatic N) is 3. The first-order valence-electron chi connectivity index (χ1n) is 8.44. The van der Waals surface area contributed by atoms with Gasteiger partial charge in [0.2, 0.25) is 0 Å². The normalized spacial score (nSPS) is 12.0. The van der Waals surface area contributed by atoms with Gasteiger partial charge in [0.25, 0.3) is 5.91 Å². The van der Waals surface area contributed by atoms with E-state index >= 15 is 0 Å². The van der Waals surface area contributed by atoms with E-state index in [-0.39, 0.29) is 18.0 Å². The minimum absolute atomic E-state index is 0.129. The maximum Gasteiger partial charge on any atom is 0.271 e. The molecule has 2 aromatic rings. The lowest BCUT2D eigenvalue weighted by atomic mass is 10.2. The molecule has 1 heterocycles. The molecule has 5 heteroatoms. The maximum atomic E-state index is 12.1. The fourth-order valence-corrected chi connectivity index (χ4v) is 2.29. The second-order valence-corrected chi connectivity index (χ2v) is 6.25. The van der Waals surface area contributed by atoms with Gasteiger partial charge in [0.15, 0.2) is 0 Å². The zero-order valence-corrected chi connectivity index (χ0v) is 14.9. The van der Waals surface area contributed by atoms with Gasteiger partial charge in [-0.25, -0.2) is 9.97 Å². The number of carbonyl (C=O) groups is 1. The van der Waals surface area contributed by atoms with Crippen LogP contribution in [0.2, 0.25) is 0 Å². The third-order valence-electron chi connectivity index (χ3n) is 3.97. The van der Waals surface area contributed by atoms with Gasteiger partial charge in [0, 0.05) is 18.6 Å². The second-order valence-electron chi connectivity index (χ2n) is 6.25. The van der Waals surface area contributed by atoms with Gasteiger partial charge < -0.3 is 10.2 Å². The van der Waals surface area contributed by atoms with Gasteiger partial charge in [-0.15, -0.1) is 0 Å². The highest BCUT2D eigenvalue weighted by Gasteiger charge is 2.15. The van der Waals surface area contributed by atoms with Crippen LogP contribution >= 0.6 is 0 Å². The summed E-state index contributed by atoms with van der Waals surface area (Å²) >= 11 is 0. The van der Waals surface area contributed by atoms with Crippen molar-refractivity contribution >= 4 is 11.7 Å². The first-order chi connectivity index (χ1) is 11.5. The number of benzene rings is 1. The molecular weight excluding hydrogens is 300 g/mol. The predicted molar refractivity (Wildman–Crippen MR) is 97.0 cm³/mol. The van der Waals surface area contributed by atoms with Gasteiger partial charge in [0.05, 0.1) is 12.4 Å². The molecule has 0 saturated carbocycles. The highest BCUT2D eigenvalue weighted by molar-refractivity contribution is 5.92. The minimum Gasteiger partial charge on any atom is -0.349 e. The summed E-state index contributed by atoms with van der Waals surface area (Å²) in [6.45, 7) is 9.00. The third-order valence-corrected chi connectivity index (χ3v) is 3.97. The van der Waals surface area contributed by atoms with Crippen LogP contribution in [0.1, 0.15) is 50.2 Å². The zero-order valence-electron chi connectivity index (χ0n) is 14.9. The van der Waals surface area contributed by atoms with Gasteiger partial charge in [0.1, 0.15) is 11.5 Å². The molecule has 1 unspecified atom stereocenters. The monoisotopic (exact) mass is 326 g/mol. The number of rotatable bonds is 7. The van der Waals surface area contributed by atoms with Crippen LogP contribution in [0.4, 0.5) is 5.82 Å². The van der Waals surface area contributed by atoms with E-state index in [0.29, 0.717) is 5.69 Å². The number of nitrogens with one attached hydrogen (secondary N) is 1. The number of carbonyl (C=O) groups excluding carboxylic acids is 1. The lowest BCUT2D eigenvalue weighted by molar-refractivity contribution is 0.0934. The Bertz CT molecular complexity index is 640. The van der Waals surface area contributed by atoms with Crippen molar-refractivity contribution in [1.82, 2.24) is 15.3 Å². The Morgan fingerprint density at radius 3 is 2.38 bits per heavy atom. The van der Waals surface area contributed by atoms with E-state index in [1.807, 2.05) is 32.0 Å². The predicted octanol–water partition coefficient (Wildman–Crippen LogP) is 3.42. The molecule has 0 aliphatic carbocycles. The van der Waals surface area contributed by atoms with Crippen LogP contribution in [-0.2, 0) is 6.54 Å². The first kappa shape index (κ1) is 17.9. The molecular formula is C19H26N4O. The van der Waals surface area contributed by atoms with E-state index in [1.54, 1.807) is 12.4 Å². The molecule has 0 fully saturated rings. The van der Waals surface area contributed by atoms with Gasteiger partial charge >= 0.3 is 0 Å². The Kier molecular flexibility index (Phi) is 6.29. The molecule has 128 valence electrons. The molecule has 0 aliphatic rings. The Labute approximate surface area is 144 Å². The van der Waals surface area contributed by atoms with E-state index in [2.05, 4.69) is 46.2 Å². The van der Waals surface area contributed by atoms with Crippen molar-refractivity contribution in [3.63, 3.8) is 0 Å². The fourth-order valence-electron chi connectivity index (χ4n) is 2.29. The van der Waals surface area contributed by atoms with E-state index < -0.39 is 0 Å². The summed E-state index contributed by atoms with van der Waals surface area (Å²) in [5.41, 5.74) is 1.56. The highest BCUT2D eigenvalue weighted by Crippen LogP contribution is 2.17. The topological polar surface area (TPSA) is 58.1 Å². The summed E-state index contributed by atoms with van der Waals surface area (Å²) in [5, 5.41) is 2.90. The summed E-state index contributed by atoms with van der Waals surface area (Å²) in [6.07, 6.45) is 4.11. The van der Waals surface area contributed by atoms with E-state index in [9.17, 15) is 4.79 Å².